The van der Waals surface area contributed by atoms with E-state index in [1.165, 1.54) is 10.7 Å². The number of nitrogens with zero attached hydrogens (tertiary/aromatic N) is 7. The van der Waals surface area contributed by atoms with Gasteiger partial charge in [-0.25, -0.2) is 9.50 Å². The molecule has 2 fully saturated rings. The van der Waals surface area contributed by atoms with Gasteiger partial charge in [0.25, 0.3) is 23.6 Å². The molecule has 1 atom stereocenters. The fourth-order valence-electron chi connectivity index (χ4n) is 7.86. The smallest absolute Gasteiger partial charge is 0.262 e. The highest BCUT2D eigenvalue weighted by Crippen LogP contribution is 2.37. The largest absolute Gasteiger partial charge is 0.489 e. The summed E-state index contributed by atoms with van der Waals surface area (Å²) in [7, 11) is 1.93. The molecule has 55 heavy (non-hydrogen) atoms. The first-order valence-corrected chi connectivity index (χ1v) is 18.5. The Labute approximate surface area is 316 Å². The van der Waals surface area contributed by atoms with Gasteiger partial charge in [0, 0.05) is 75.9 Å². The summed E-state index contributed by atoms with van der Waals surface area (Å²) in [4.78, 5) is 89.2. The number of ether oxygens (including phenoxy) is 1. The molecule has 1 unspecified atom stereocenters. The number of anilines is 2. The van der Waals surface area contributed by atoms with Gasteiger partial charge in [0.05, 0.1) is 29.1 Å². The lowest BCUT2D eigenvalue weighted by molar-refractivity contribution is -0.136. The number of benzene rings is 2. The Morgan fingerprint density at radius 2 is 1.78 bits per heavy atom. The van der Waals surface area contributed by atoms with E-state index < -0.39 is 29.7 Å². The second-order valence-electron chi connectivity index (χ2n) is 14.7. The average Bonchev–Trinajstić information content (AvgIpc) is 3.82. The van der Waals surface area contributed by atoms with Crippen LogP contribution in [0.5, 0.6) is 5.75 Å². The molecule has 6 heterocycles. The van der Waals surface area contributed by atoms with Crippen molar-refractivity contribution in [2.45, 2.75) is 64.3 Å². The standard InChI is InChI=1S/C39H41N9O7/c1-22(2)55-32-19-27-23(17-30(32)42-35(50)29-20-41-47-12-4-11-40-34(29)47)21-46(37(27)52)24-9-13-45(14-10-24)16-15-44(3)25-5-6-26-28(18-25)39(54)48(38(26)53)31-7-8-33(49)43-36(31)51/h4-6,11-12,17-20,22,24,31H,7-10,13-16,21H2,1-3H3,(H,42,50)(H,43,49,51). The molecule has 4 aliphatic rings. The molecule has 284 valence electrons. The molecule has 0 radical (unpaired) electrons. The zero-order valence-corrected chi connectivity index (χ0v) is 30.8. The number of hydrogen-bond donors (Lipinski definition) is 2. The molecule has 0 aliphatic carbocycles. The molecule has 2 saturated heterocycles. The van der Waals surface area contributed by atoms with Crippen LogP contribution in [0.3, 0.4) is 0 Å². The third-order valence-corrected chi connectivity index (χ3v) is 10.8. The summed E-state index contributed by atoms with van der Waals surface area (Å²) in [6.07, 6.45) is 6.39. The van der Waals surface area contributed by atoms with Crippen LogP contribution < -0.4 is 20.3 Å². The molecule has 4 aromatic rings. The molecule has 2 N–H and O–H groups in total. The molecule has 0 saturated carbocycles. The number of amides is 6. The van der Waals surface area contributed by atoms with E-state index >= 15 is 0 Å². The first-order valence-electron chi connectivity index (χ1n) is 18.5. The zero-order chi connectivity index (χ0) is 38.5. The average molecular weight is 748 g/mol. The minimum Gasteiger partial charge on any atom is -0.489 e. The van der Waals surface area contributed by atoms with Crippen molar-refractivity contribution in [2.75, 3.05) is 43.4 Å². The molecule has 0 spiro atoms. The van der Waals surface area contributed by atoms with E-state index in [9.17, 15) is 28.8 Å². The second kappa shape index (κ2) is 14.2. The van der Waals surface area contributed by atoms with Gasteiger partial charge in [0.2, 0.25) is 11.8 Å². The number of hydrogen-bond acceptors (Lipinski definition) is 11. The predicted octanol–water partition coefficient (Wildman–Crippen LogP) is 2.73. The van der Waals surface area contributed by atoms with Gasteiger partial charge < -0.3 is 24.8 Å². The molecule has 2 aromatic carbocycles. The summed E-state index contributed by atoms with van der Waals surface area (Å²) < 4.78 is 7.61. The molecule has 0 bridgehead atoms. The normalized spacial score (nSPS) is 19.0. The molecule has 16 heteroatoms. The van der Waals surface area contributed by atoms with Gasteiger partial charge in [0.15, 0.2) is 5.65 Å². The van der Waals surface area contributed by atoms with Gasteiger partial charge in [-0.3, -0.25) is 39.0 Å². The van der Waals surface area contributed by atoms with Crippen LogP contribution in [-0.2, 0) is 16.1 Å². The van der Waals surface area contributed by atoms with E-state index in [2.05, 4.69) is 25.6 Å². The van der Waals surface area contributed by atoms with Crippen molar-refractivity contribution in [3.05, 3.63) is 82.8 Å². The lowest BCUT2D eigenvalue weighted by Gasteiger charge is -2.37. The first kappa shape index (κ1) is 35.8. The molecule has 6 amide bonds. The minimum atomic E-state index is -1.01. The van der Waals surface area contributed by atoms with E-state index in [-0.39, 0.29) is 47.9 Å². The van der Waals surface area contributed by atoms with Gasteiger partial charge in [0.1, 0.15) is 17.4 Å². The van der Waals surface area contributed by atoms with Gasteiger partial charge >= 0.3 is 0 Å². The van der Waals surface area contributed by atoms with E-state index in [0.29, 0.717) is 41.3 Å². The summed E-state index contributed by atoms with van der Waals surface area (Å²) in [5.74, 6) is -2.11. The minimum absolute atomic E-state index is 0.0488. The quantitative estimate of drug-likeness (QED) is 0.228. The summed E-state index contributed by atoms with van der Waals surface area (Å²) in [5, 5.41) is 9.41. The first-order chi connectivity index (χ1) is 26.5. The van der Waals surface area contributed by atoms with Crippen LogP contribution in [0.4, 0.5) is 11.4 Å². The van der Waals surface area contributed by atoms with Crippen molar-refractivity contribution in [2.24, 2.45) is 0 Å². The van der Waals surface area contributed by atoms with Crippen molar-refractivity contribution in [1.82, 2.24) is 34.6 Å². The van der Waals surface area contributed by atoms with Gasteiger partial charge in [-0.15, -0.1) is 0 Å². The van der Waals surface area contributed by atoms with Crippen LogP contribution in [0, 0.1) is 0 Å². The maximum atomic E-state index is 13.8. The lowest BCUT2D eigenvalue weighted by atomic mass is 10.0. The topological polar surface area (TPSA) is 179 Å². The number of carbonyl (C=O) groups excluding carboxylic acids is 6. The Bertz CT molecular complexity index is 2260. The third-order valence-electron chi connectivity index (χ3n) is 10.8. The molecule has 8 rings (SSSR count). The third kappa shape index (κ3) is 6.66. The maximum absolute atomic E-state index is 13.8. The number of likely N-dealkylation sites (tertiary alicyclic amines) is 1. The number of fused-ring (bicyclic) bond motifs is 3. The fourth-order valence-corrected chi connectivity index (χ4v) is 7.86. The SMILES string of the molecule is CC(C)Oc1cc2c(cc1NC(=O)c1cnn3cccnc13)CN(C1CCN(CCN(C)c3ccc4c(c3)C(=O)N(C3CCC(=O)NC3=O)C4=O)CC1)C2=O. The van der Waals surface area contributed by atoms with Crippen LogP contribution in [-0.4, -0.2) is 116 Å². The van der Waals surface area contributed by atoms with Gasteiger partial charge in [-0.1, -0.05) is 0 Å². The highest BCUT2D eigenvalue weighted by atomic mass is 16.5. The van der Waals surface area contributed by atoms with Gasteiger partial charge in [-0.05, 0) is 75.1 Å². The Morgan fingerprint density at radius 1 is 1.00 bits per heavy atom. The summed E-state index contributed by atoms with van der Waals surface area (Å²) in [6, 6.07) is 9.47. The van der Waals surface area contributed by atoms with Crippen molar-refractivity contribution in [3.8, 4) is 5.75 Å². The zero-order valence-electron chi connectivity index (χ0n) is 30.8. The molecular weight excluding hydrogens is 706 g/mol. The molecule has 2 aromatic heterocycles. The highest BCUT2D eigenvalue weighted by Gasteiger charge is 2.45. The lowest BCUT2D eigenvalue weighted by Crippen LogP contribution is -2.54. The van der Waals surface area contributed by atoms with Crippen LogP contribution in [0.2, 0.25) is 0 Å². The summed E-state index contributed by atoms with van der Waals surface area (Å²) in [5.41, 5.74) is 3.91. The van der Waals surface area contributed by atoms with Crippen molar-refractivity contribution in [1.29, 1.82) is 0 Å². The predicted molar refractivity (Wildman–Crippen MR) is 199 cm³/mol. The van der Waals surface area contributed by atoms with E-state index in [4.69, 9.17) is 4.74 Å². The summed E-state index contributed by atoms with van der Waals surface area (Å²) >= 11 is 0. The fraction of sp³-hybridized carbons (Fsp3) is 0.385. The number of likely N-dealkylation sites (N-methyl/N-ethyl adjacent to an activating group) is 1. The number of piperidine rings is 2. The van der Waals surface area contributed by atoms with Crippen molar-refractivity contribution in [3.63, 3.8) is 0 Å². The Balaban J connectivity index is 0.877. The highest BCUT2D eigenvalue weighted by molar-refractivity contribution is 6.23. The number of aromatic nitrogens is 3. The molecule has 16 nitrogen and oxygen atoms in total. The number of imide groups is 2. The van der Waals surface area contributed by atoms with E-state index in [1.807, 2.05) is 36.8 Å². The Kier molecular flexibility index (Phi) is 9.28. The number of nitrogens with one attached hydrogen (secondary N) is 2. The summed E-state index contributed by atoms with van der Waals surface area (Å²) in [6.45, 7) is 7.23. The number of carbonyl (C=O) groups is 6. The molecular formula is C39H41N9O7. The molecule has 4 aliphatic heterocycles. The van der Waals surface area contributed by atoms with Crippen LogP contribution in [0.25, 0.3) is 5.65 Å². The second-order valence-corrected chi connectivity index (χ2v) is 14.7. The van der Waals surface area contributed by atoms with Crippen molar-refractivity contribution < 1.29 is 33.5 Å². The van der Waals surface area contributed by atoms with Gasteiger partial charge in [-0.2, -0.15) is 5.10 Å². The Morgan fingerprint density at radius 3 is 2.55 bits per heavy atom. The monoisotopic (exact) mass is 747 g/mol. The van der Waals surface area contributed by atoms with E-state index in [1.54, 1.807) is 42.7 Å². The maximum Gasteiger partial charge on any atom is 0.262 e. The Hall–Kier alpha value is -6.16. The van der Waals surface area contributed by atoms with Crippen LogP contribution in [0.15, 0.2) is 55.0 Å². The van der Waals surface area contributed by atoms with Crippen LogP contribution in [0.1, 0.15) is 86.5 Å². The van der Waals surface area contributed by atoms with Crippen molar-refractivity contribution >= 4 is 52.5 Å². The van der Waals surface area contributed by atoms with Crippen LogP contribution >= 0.6 is 0 Å². The van der Waals surface area contributed by atoms with E-state index in [0.717, 1.165) is 48.6 Å². The number of rotatable bonds is 10.